The molecule has 0 aliphatic heterocycles. The Bertz CT molecular complexity index is 181. The van der Waals surface area contributed by atoms with Gasteiger partial charge in [0.25, 0.3) is 0 Å². The van der Waals surface area contributed by atoms with Crippen LogP contribution in [0, 0.1) is 5.41 Å². The van der Waals surface area contributed by atoms with Crippen molar-refractivity contribution in [2.24, 2.45) is 5.41 Å². The minimum Gasteiger partial charge on any atom is -0.393 e. The van der Waals surface area contributed by atoms with Gasteiger partial charge in [0, 0.05) is 19.0 Å². The van der Waals surface area contributed by atoms with Gasteiger partial charge in [-0.1, -0.05) is 27.7 Å². The van der Waals surface area contributed by atoms with Gasteiger partial charge in [-0.05, 0) is 25.2 Å². The summed E-state index contributed by atoms with van der Waals surface area (Å²) in [6.45, 7) is 11.1. The summed E-state index contributed by atoms with van der Waals surface area (Å²) >= 11 is 0. The summed E-state index contributed by atoms with van der Waals surface area (Å²) in [6.07, 6.45) is 0.233. The molecule has 0 amide bonds. The highest BCUT2D eigenvalue weighted by Gasteiger charge is 2.20. The van der Waals surface area contributed by atoms with Crippen LogP contribution in [0.1, 0.15) is 53.9 Å². The largest absolute Gasteiger partial charge is 0.393 e. The maximum absolute atomic E-state index is 13.4. The lowest BCUT2D eigenvalue weighted by atomic mass is 9.86. The fraction of sp³-hybridized carbons (Fsp3) is 1.00. The quantitative estimate of drug-likeness (QED) is 0.675. The number of rotatable bonds is 8. The first kappa shape index (κ1) is 15.9. The number of aliphatic hydroxyl groups excluding tert-OH is 1. The van der Waals surface area contributed by atoms with E-state index in [0.717, 1.165) is 13.0 Å². The Kier molecular flexibility index (Phi) is 7.16. The van der Waals surface area contributed by atoms with Crippen LogP contribution in [-0.4, -0.2) is 30.0 Å². The molecule has 0 spiro atoms. The molecule has 2 atom stereocenters. The summed E-state index contributed by atoms with van der Waals surface area (Å²) in [4.78, 5) is 0. The number of nitrogens with one attached hydrogen (secondary N) is 1. The third-order valence-electron chi connectivity index (χ3n) is 2.72. The van der Waals surface area contributed by atoms with Gasteiger partial charge in [-0.15, -0.1) is 0 Å². The number of hydrogen-bond donors (Lipinski definition) is 2. The first-order valence-corrected chi connectivity index (χ1v) is 6.28. The predicted molar refractivity (Wildman–Crippen MR) is 67.3 cm³/mol. The van der Waals surface area contributed by atoms with Crippen LogP contribution in [0.2, 0.25) is 0 Å². The Balaban J connectivity index is 3.79. The van der Waals surface area contributed by atoms with Gasteiger partial charge in [0.05, 0.1) is 6.10 Å². The molecule has 0 radical (unpaired) electrons. The molecular formula is C13H28FNO. The van der Waals surface area contributed by atoms with Gasteiger partial charge in [-0.25, -0.2) is 4.39 Å². The third kappa shape index (κ3) is 9.10. The number of aliphatic hydroxyl groups is 1. The van der Waals surface area contributed by atoms with Crippen molar-refractivity contribution in [1.29, 1.82) is 0 Å². The molecule has 0 saturated heterocycles. The fourth-order valence-corrected chi connectivity index (χ4v) is 1.60. The number of hydrogen-bond acceptors (Lipinski definition) is 2. The Morgan fingerprint density at radius 1 is 1.25 bits per heavy atom. The fourth-order valence-electron chi connectivity index (χ4n) is 1.60. The van der Waals surface area contributed by atoms with Crippen LogP contribution < -0.4 is 5.32 Å². The normalized spacial score (nSPS) is 16.5. The first-order valence-electron chi connectivity index (χ1n) is 6.28. The van der Waals surface area contributed by atoms with Crippen LogP contribution in [0.3, 0.4) is 0 Å². The Morgan fingerprint density at radius 2 is 1.81 bits per heavy atom. The zero-order valence-electron chi connectivity index (χ0n) is 11.4. The molecule has 3 heteroatoms. The predicted octanol–water partition coefficient (Wildman–Crippen LogP) is 2.90. The molecule has 16 heavy (non-hydrogen) atoms. The second-order valence-corrected chi connectivity index (χ2v) is 5.92. The highest BCUT2D eigenvalue weighted by molar-refractivity contribution is 4.75. The zero-order valence-corrected chi connectivity index (χ0v) is 11.4. The highest BCUT2D eigenvalue weighted by atomic mass is 19.1. The molecule has 0 rings (SSSR count). The lowest BCUT2D eigenvalue weighted by Gasteiger charge is -2.27. The average molecular weight is 233 g/mol. The van der Waals surface area contributed by atoms with Crippen molar-refractivity contribution >= 4 is 0 Å². The van der Waals surface area contributed by atoms with E-state index in [9.17, 15) is 4.39 Å². The summed E-state index contributed by atoms with van der Waals surface area (Å²) < 4.78 is 13.4. The molecular weight excluding hydrogens is 205 g/mol. The van der Waals surface area contributed by atoms with Crippen LogP contribution in [0.4, 0.5) is 4.39 Å². The summed E-state index contributed by atoms with van der Waals surface area (Å²) in [6, 6.07) is 0.470. The van der Waals surface area contributed by atoms with Gasteiger partial charge in [-0.3, -0.25) is 0 Å². The van der Waals surface area contributed by atoms with Crippen molar-refractivity contribution in [1.82, 2.24) is 5.32 Å². The molecule has 0 aromatic rings. The van der Waals surface area contributed by atoms with Crippen molar-refractivity contribution in [3.8, 4) is 0 Å². The topological polar surface area (TPSA) is 32.3 Å². The molecule has 98 valence electrons. The van der Waals surface area contributed by atoms with Crippen LogP contribution in [0.25, 0.3) is 0 Å². The van der Waals surface area contributed by atoms with E-state index in [0.29, 0.717) is 12.5 Å². The summed E-state index contributed by atoms with van der Waals surface area (Å²) in [7, 11) is 0. The van der Waals surface area contributed by atoms with Crippen LogP contribution in [0.5, 0.6) is 0 Å². The van der Waals surface area contributed by atoms with Crippen molar-refractivity contribution in [3.05, 3.63) is 0 Å². The molecule has 0 aliphatic rings. The van der Waals surface area contributed by atoms with Crippen molar-refractivity contribution in [2.75, 3.05) is 6.54 Å². The van der Waals surface area contributed by atoms with Gasteiger partial charge < -0.3 is 10.4 Å². The van der Waals surface area contributed by atoms with Crippen LogP contribution in [0.15, 0.2) is 0 Å². The molecule has 0 aliphatic carbocycles. The molecule has 0 unspecified atom stereocenters. The van der Waals surface area contributed by atoms with E-state index in [1.54, 1.807) is 6.92 Å². The smallest absolute Gasteiger partial charge is 0.103 e. The molecule has 0 fully saturated rings. The van der Waals surface area contributed by atoms with Gasteiger partial charge in [0.2, 0.25) is 0 Å². The first-order chi connectivity index (χ1) is 7.23. The van der Waals surface area contributed by atoms with E-state index in [2.05, 4.69) is 33.0 Å². The van der Waals surface area contributed by atoms with Crippen LogP contribution in [-0.2, 0) is 0 Å². The molecule has 0 heterocycles. The van der Waals surface area contributed by atoms with Crippen molar-refractivity contribution in [2.45, 2.75) is 72.2 Å². The lowest BCUT2D eigenvalue weighted by Crippen LogP contribution is -2.34. The van der Waals surface area contributed by atoms with Gasteiger partial charge in [0.15, 0.2) is 0 Å². The minimum atomic E-state index is -0.877. The zero-order chi connectivity index (χ0) is 12.8. The molecule has 0 aromatic heterocycles. The monoisotopic (exact) mass is 233 g/mol. The standard InChI is InChI=1S/C13H28FNO/c1-10(2)15-9-13(4,5)7-6-12(14)8-11(3)16/h10-12,15-16H,6-9H2,1-5H3/t11-,12+/m0/s1. The molecule has 2 nitrogen and oxygen atoms in total. The van der Waals surface area contributed by atoms with Crippen LogP contribution >= 0.6 is 0 Å². The molecule has 0 saturated carbocycles. The van der Waals surface area contributed by atoms with Gasteiger partial charge in [-0.2, -0.15) is 0 Å². The van der Waals surface area contributed by atoms with E-state index in [4.69, 9.17) is 5.11 Å². The second-order valence-electron chi connectivity index (χ2n) is 5.92. The Morgan fingerprint density at radius 3 is 2.25 bits per heavy atom. The highest BCUT2D eigenvalue weighted by Crippen LogP contribution is 2.24. The Labute approximate surface area is 99.6 Å². The molecule has 0 aromatic carbocycles. The molecule has 2 N–H and O–H groups in total. The average Bonchev–Trinajstić information content (AvgIpc) is 2.11. The van der Waals surface area contributed by atoms with E-state index >= 15 is 0 Å². The molecule has 0 bridgehead atoms. The SMILES string of the molecule is CC(C)NCC(C)(C)CC[C@@H](F)C[C@H](C)O. The van der Waals surface area contributed by atoms with Crippen molar-refractivity contribution in [3.63, 3.8) is 0 Å². The van der Waals surface area contributed by atoms with Gasteiger partial charge >= 0.3 is 0 Å². The maximum Gasteiger partial charge on any atom is 0.103 e. The van der Waals surface area contributed by atoms with E-state index in [-0.39, 0.29) is 11.8 Å². The summed E-state index contributed by atoms with van der Waals surface area (Å²) in [5.74, 6) is 0. The Hall–Kier alpha value is -0.150. The van der Waals surface area contributed by atoms with Crippen molar-refractivity contribution < 1.29 is 9.50 Å². The van der Waals surface area contributed by atoms with Gasteiger partial charge in [0.1, 0.15) is 6.17 Å². The lowest BCUT2D eigenvalue weighted by molar-refractivity contribution is 0.129. The number of alkyl halides is 1. The third-order valence-corrected chi connectivity index (χ3v) is 2.72. The van der Waals surface area contributed by atoms with E-state index in [1.165, 1.54) is 0 Å². The number of halogens is 1. The van der Waals surface area contributed by atoms with E-state index in [1.807, 2.05) is 0 Å². The summed E-state index contributed by atoms with van der Waals surface area (Å²) in [5, 5.41) is 12.5. The summed E-state index contributed by atoms with van der Waals surface area (Å²) in [5.41, 5.74) is 0.118. The maximum atomic E-state index is 13.4. The minimum absolute atomic E-state index is 0.118. The second kappa shape index (κ2) is 7.23. The van der Waals surface area contributed by atoms with E-state index < -0.39 is 12.3 Å².